The number of nitrogens with zero attached hydrogens (tertiary/aromatic N) is 6. The SMILES string of the molecule is COc1nc2nc(C)nc(N[C@H](C)c3cc([N+](=O)[O-])cc(C(F)(F)F)c3)c2cc1-c1cnn(C)c1. The van der Waals surface area contributed by atoms with Crippen molar-refractivity contribution in [3.63, 3.8) is 0 Å². The minimum atomic E-state index is -4.74. The van der Waals surface area contributed by atoms with E-state index in [9.17, 15) is 23.3 Å². The molecule has 0 unspecified atom stereocenters. The van der Waals surface area contributed by atoms with Gasteiger partial charge in [-0.1, -0.05) is 0 Å². The molecular weight excluding hydrogens is 467 g/mol. The van der Waals surface area contributed by atoms with Crippen LogP contribution in [-0.2, 0) is 13.2 Å². The van der Waals surface area contributed by atoms with Gasteiger partial charge in [-0.05, 0) is 31.5 Å². The molecule has 0 aliphatic carbocycles. The average molecular weight is 487 g/mol. The number of benzene rings is 1. The van der Waals surface area contributed by atoms with Gasteiger partial charge < -0.3 is 10.1 Å². The Bertz CT molecular complexity index is 1440. The number of nitro benzene ring substituents is 1. The van der Waals surface area contributed by atoms with Crippen LogP contribution >= 0.6 is 0 Å². The van der Waals surface area contributed by atoms with Crippen molar-refractivity contribution in [2.75, 3.05) is 12.4 Å². The first kappa shape index (κ1) is 23.9. The van der Waals surface area contributed by atoms with E-state index in [0.29, 0.717) is 40.2 Å². The summed E-state index contributed by atoms with van der Waals surface area (Å²) in [5.41, 5.74) is -0.0313. The van der Waals surface area contributed by atoms with Crippen LogP contribution in [0.1, 0.15) is 29.9 Å². The van der Waals surface area contributed by atoms with Gasteiger partial charge in [0.05, 0.1) is 35.2 Å². The maximum absolute atomic E-state index is 13.4. The second kappa shape index (κ2) is 8.81. The quantitative estimate of drug-likeness (QED) is 0.303. The van der Waals surface area contributed by atoms with Crippen LogP contribution in [-0.4, -0.2) is 36.8 Å². The molecule has 1 aromatic carbocycles. The average Bonchev–Trinajstić information content (AvgIpc) is 3.23. The van der Waals surface area contributed by atoms with Crippen molar-refractivity contribution >= 4 is 22.5 Å². The largest absolute Gasteiger partial charge is 0.480 e. The lowest BCUT2D eigenvalue weighted by atomic mass is 10.0. The topological polar surface area (TPSA) is 121 Å². The highest BCUT2D eigenvalue weighted by Crippen LogP contribution is 2.36. The van der Waals surface area contributed by atoms with Crippen molar-refractivity contribution in [1.82, 2.24) is 24.7 Å². The van der Waals surface area contributed by atoms with Crippen LogP contribution in [0.4, 0.5) is 24.7 Å². The fraction of sp³-hybridized carbons (Fsp3) is 0.273. The molecule has 3 heterocycles. The normalized spacial score (nSPS) is 12.5. The Balaban J connectivity index is 1.82. The molecule has 1 N–H and O–H groups in total. The second-order valence-electron chi connectivity index (χ2n) is 7.87. The van der Waals surface area contributed by atoms with Crippen molar-refractivity contribution in [1.29, 1.82) is 0 Å². The van der Waals surface area contributed by atoms with Crippen LogP contribution in [0.25, 0.3) is 22.2 Å². The number of rotatable bonds is 6. The van der Waals surface area contributed by atoms with E-state index in [0.717, 1.165) is 17.7 Å². The zero-order valence-corrected chi connectivity index (χ0v) is 19.1. The zero-order valence-electron chi connectivity index (χ0n) is 19.1. The van der Waals surface area contributed by atoms with Crippen molar-refractivity contribution < 1.29 is 22.8 Å². The number of nitrogens with one attached hydrogen (secondary N) is 1. The van der Waals surface area contributed by atoms with Crippen LogP contribution in [0.15, 0.2) is 36.7 Å². The summed E-state index contributed by atoms with van der Waals surface area (Å²) < 4.78 is 47.1. The summed E-state index contributed by atoms with van der Waals surface area (Å²) in [5, 5.41) is 19.0. The maximum atomic E-state index is 13.4. The van der Waals surface area contributed by atoms with Gasteiger partial charge in [-0.25, -0.2) is 9.97 Å². The molecule has 4 rings (SSSR count). The molecule has 0 bridgehead atoms. The fourth-order valence-corrected chi connectivity index (χ4v) is 3.62. The minimum absolute atomic E-state index is 0.0740. The Morgan fingerprint density at radius 3 is 2.51 bits per heavy atom. The Labute approximate surface area is 196 Å². The number of fused-ring (bicyclic) bond motifs is 1. The molecule has 0 saturated heterocycles. The second-order valence-corrected chi connectivity index (χ2v) is 7.87. The fourth-order valence-electron chi connectivity index (χ4n) is 3.62. The number of aromatic nitrogens is 5. The molecule has 3 aromatic heterocycles. The van der Waals surface area contributed by atoms with Gasteiger partial charge in [-0.2, -0.15) is 23.3 Å². The Hall–Kier alpha value is -4.29. The first-order valence-corrected chi connectivity index (χ1v) is 10.3. The van der Waals surface area contributed by atoms with Crippen molar-refractivity contribution in [2.24, 2.45) is 7.05 Å². The summed E-state index contributed by atoms with van der Waals surface area (Å²) in [5.74, 6) is 0.988. The van der Waals surface area contributed by atoms with Gasteiger partial charge >= 0.3 is 6.18 Å². The van der Waals surface area contributed by atoms with Gasteiger partial charge in [-0.15, -0.1) is 0 Å². The number of pyridine rings is 1. The molecule has 0 amide bonds. The van der Waals surface area contributed by atoms with Gasteiger partial charge in [0.2, 0.25) is 5.88 Å². The molecule has 0 spiro atoms. The number of aryl methyl sites for hydroxylation is 2. The number of hydrogen-bond donors (Lipinski definition) is 1. The molecule has 35 heavy (non-hydrogen) atoms. The number of ether oxygens (including phenoxy) is 1. The highest BCUT2D eigenvalue weighted by molar-refractivity contribution is 5.91. The van der Waals surface area contributed by atoms with E-state index in [1.807, 2.05) is 0 Å². The molecule has 1 atom stereocenters. The summed E-state index contributed by atoms with van der Waals surface area (Å²) in [6, 6.07) is 3.48. The van der Waals surface area contributed by atoms with Crippen molar-refractivity contribution in [3.05, 3.63) is 63.7 Å². The van der Waals surface area contributed by atoms with Crippen LogP contribution in [0.5, 0.6) is 5.88 Å². The van der Waals surface area contributed by atoms with E-state index in [-0.39, 0.29) is 5.56 Å². The molecule has 4 aromatic rings. The number of methoxy groups -OCH3 is 1. The Morgan fingerprint density at radius 1 is 1.17 bits per heavy atom. The molecule has 0 radical (unpaired) electrons. The number of halogens is 3. The van der Waals surface area contributed by atoms with E-state index < -0.39 is 28.4 Å². The van der Waals surface area contributed by atoms with Gasteiger partial charge in [0, 0.05) is 36.5 Å². The molecule has 0 aliphatic rings. The number of nitro groups is 1. The predicted molar refractivity (Wildman–Crippen MR) is 121 cm³/mol. The first-order valence-electron chi connectivity index (χ1n) is 10.3. The van der Waals surface area contributed by atoms with Gasteiger partial charge in [0.15, 0.2) is 5.65 Å². The lowest BCUT2D eigenvalue weighted by molar-refractivity contribution is -0.385. The number of anilines is 1. The van der Waals surface area contributed by atoms with Gasteiger partial charge in [0.25, 0.3) is 5.69 Å². The molecule has 0 aliphatic heterocycles. The third-order valence-corrected chi connectivity index (χ3v) is 5.30. The van der Waals surface area contributed by atoms with Crippen molar-refractivity contribution in [3.8, 4) is 17.0 Å². The van der Waals surface area contributed by atoms with Crippen LogP contribution in [0, 0.1) is 17.0 Å². The summed E-state index contributed by atoms with van der Waals surface area (Å²) in [6.07, 6.45) is -1.33. The summed E-state index contributed by atoms with van der Waals surface area (Å²) in [7, 11) is 3.24. The molecular formula is C22H20F3N7O3. The van der Waals surface area contributed by atoms with E-state index in [2.05, 4.69) is 25.4 Å². The highest BCUT2D eigenvalue weighted by Gasteiger charge is 2.33. The Kier molecular flexibility index (Phi) is 6.01. The molecule has 182 valence electrons. The third kappa shape index (κ3) is 4.83. The predicted octanol–water partition coefficient (Wildman–Crippen LogP) is 4.84. The van der Waals surface area contributed by atoms with Crippen molar-refractivity contribution in [2.45, 2.75) is 26.1 Å². The van der Waals surface area contributed by atoms with E-state index in [1.165, 1.54) is 7.11 Å². The molecule has 0 saturated carbocycles. The molecule has 13 heteroatoms. The zero-order chi connectivity index (χ0) is 25.5. The van der Waals surface area contributed by atoms with E-state index >= 15 is 0 Å². The summed E-state index contributed by atoms with van der Waals surface area (Å²) in [6.45, 7) is 3.23. The van der Waals surface area contributed by atoms with Crippen LogP contribution in [0.3, 0.4) is 0 Å². The van der Waals surface area contributed by atoms with Gasteiger partial charge in [0.1, 0.15) is 11.6 Å². The third-order valence-electron chi connectivity index (χ3n) is 5.30. The standard InChI is InChI=1S/C22H20F3N7O3/c1-11(13-5-15(22(23,24)25)7-16(6-13)32(33)34)27-19-18-8-17(14-9-26-31(3)10-14)21(35-4)30-20(18)29-12(2)28-19/h5-11H,1-4H3,(H,27,28,29,30)/t11-/m1/s1. The lowest BCUT2D eigenvalue weighted by Crippen LogP contribution is -2.13. The number of alkyl halides is 3. The maximum Gasteiger partial charge on any atom is 0.416 e. The minimum Gasteiger partial charge on any atom is -0.480 e. The van der Waals surface area contributed by atoms with Crippen LogP contribution in [0.2, 0.25) is 0 Å². The number of non-ortho nitro benzene ring substituents is 1. The van der Waals surface area contributed by atoms with Crippen LogP contribution < -0.4 is 10.1 Å². The van der Waals surface area contributed by atoms with E-state index in [4.69, 9.17) is 4.74 Å². The lowest BCUT2D eigenvalue weighted by Gasteiger charge is -2.18. The summed E-state index contributed by atoms with van der Waals surface area (Å²) in [4.78, 5) is 23.6. The molecule has 0 fully saturated rings. The monoisotopic (exact) mass is 487 g/mol. The number of hydrogen-bond acceptors (Lipinski definition) is 8. The Morgan fingerprint density at radius 2 is 1.91 bits per heavy atom. The van der Waals surface area contributed by atoms with E-state index in [1.54, 1.807) is 44.0 Å². The smallest absolute Gasteiger partial charge is 0.416 e. The summed E-state index contributed by atoms with van der Waals surface area (Å²) >= 11 is 0. The molecule has 10 nitrogen and oxygen atoms in total. The highest BCUT2D eigenvalue weighted by atomic mass is 19.4. The first-order chi connectivity index (χ1) is 16.5. The van der Waals surface area contributed by atoms with Gasteiger partial charge in [-0.3, -0.25) is 14.8 Å².